The van der Waals surface area contributed by atoms with Gasteiger partial charge >= 0.3 is 0 Å². The van der Waals surface area contributed by atoms with Gasteiger partial charge in [-0.1, -0.05) is 6.92 Å². The average Bonchev–Trinajstić information content (AvgIpc) is 2.81. The lowest BCUT2D eigenvalue weighted by atomic mass is 10.1. The van der Waals surface area contributed by atoms with E-state index in [-0.39, 0.29) is 12.5 Å². The summed E-state index contributed by atoms with van der Waals surface area (Å²) in [6.45, 7) is 1.72. The Bertz CT molecular complexity index is 582. The van der Waals surface area contributed by atoms with E-state index < -0.39 is 17.9 Å². The number of hydrogen-bond donors (Lipinski definition) is 1. The summed E-state index contributed by atoms with van der Waals surface area (Å²) in [6, 6.07) is 3.19. The average molecular weight is 357 g/mol. The van der Waals surface area contributed by atoms with Crippen LogP contribution in [-0.2, 0) is 14.4 Å². The topological polar surface area (TPSA) is 66.5 Å². The van der Waals surface area contributed by atoms with Crippen LogP contribution in [-0.4, -0.2) is 35.2 Å². The standard InChI is InChI=1S/C13H13BrN2O3S/c1-2-9-13(19)15-11(17)7-16(9)12(18)6-4-8-3-5-10(14)20-8/h3-6,9H,2,7H2,1H3,(H,15,17,19). The second kappa shape index (κ2) is 6.32. The van der Waals surface area contributed by atoms with Gasteiger partial charge in [0, 0.05) is 11.0 Å². The Morgan fingerprint density at radius 2 is 2.30 bits per heavy atom. The van der Waals surface area contributed by atoms with Gasteiger partial charge in [-0.05, 0) is 40.6 Å². The first-order valence-electron chi connectivity index (χ1n) is 6.09. The predicted molar refractivity (Wildman–Crippen MR) is 80.0 cm³/mol. The summed E-state index contributed by atoms with van der Waals surface area (Å²) in [7, 11) is 0. The Kier molecular flexibility index (Phi) is 4.72. The summed E-state index contributed by atoms with van der Waals surface area (Å²) >= 11 is 4.84. The lowest BCUT2D eigenvalue weighted by molar-refractivity contribution is -0.147. The van der Waals surface area contributed by atoms with Crippen molar-refractivity contribution in [2.45, 2.75) is 19.4 Å². The van der Waals surface area contributed by atoms with E-state index in [0.717, 1.165) is 8.66 Å². The molecule has 1 aromatic rings. The van der Waals surface area contributed by atoms with Crippen molar-refractivity contribution < 1.29 is 14.4 Å². The molecule has 1 aliphatic heterocycles. The third kappa shape index (κ3) is 3.34. The molecule has 7 heteroatoms. The van der Waals surface area contributed by atoms with Crippen molar-refractivity contribution >= 4 is 51.1 Å². The van der Waals surface area contributed by atoms with Gasteiger partial charge in [0.2, 0.25) is 17.7 Å². The smallest absolute Gasteiger partial charge is 0.249 e. The normalized spacial score (nSPS) is 19.5. The molecule has 0 aliphatic carbocycles. The van der Waals surface area contributed by atoms with Crippen LogP contribution in [0.4, 0.5) is 0 Å². The van der Waals surface area contributed by atoms with Crippen LogP contribution >= 0.6 is 27.3 Å². The van der Waals surface area contributed by atoms with Crippen LogP contribution in [0.15, 0.2) is 22.0 Å². The number of amides is 3. The van der Waals surface area contributed by atoms with Gasteiger partial charge in [-0.15, -0.1) is 11.3 Å². The SMILES string of the molecule is CCC1C(=O)NC(=O)CN1C(=O)C=Cc1ccc(Br)s1. The Morgan fingerprint density at radius 3 is 2.90 bits per heavy atom. The third-order valence-corrected chi connectivity index (χ3v) is 4.50. The summed E-state index contributed by atoms with van der Waals surface area (Å²) in [6.07, 6.45) is 3.55. The fourth-order valence-electron chi connectivity index (χ4n) is 1.97. The van der Waals surface area contributed by atoms with E-state index in [1.54, 1.807) is 13.0 Å². The molecule has 1 aromatic heterocycles. The summed E-state index contributed by atoms with van der Waals surface area (Å²) in [5.41, 5.74) is 0. The minimum Gasteiger partial charge on any atom is -0.318 e. The van der Waals surface area contributed by atoms with Gasteiger partial charge in [-0.3, -0.25) is 19.7 Å². The first-order valence-corrected chi connectivity index (χ1v) is 7.70. The van der Waals surface area contributed by atoms with Crippen molar-refractivity contribution in [3.05, 3.63) is 26.9 Å². The van der Waals surface area contributed by atoms with Gasteiger partial charge < -0.3 is 4.90 Å². The minimum atomic E-state index is -0.583. The molecule has 2 heterocycles. The zero-order valence-corrected chi connectivity index (χ0v) is 13.2. The lowest BCUT2D eigenvalue weighted by Crippen LogP contribution is -2.59. The number of carbonyl (C=O) groups is 3. The van der Waals surface area contributed by atoms with Crippen molar-refractivity contribution in [1.29, 1.82) is 0 Å². The quantitative estimate of drug-likeness (QED) is 0.663. The molecule has 1 N–H and O–H groups in total. The Hall–Kier alpha value is -1.47. The maximum Gasteiger partial charge on any atom is 0.249 e. The third-order valence-electron chi connectivity index (χ3n) is 2.91. The number of halogens is 1. The molecule has 0 spiro atoms. The molecule has 1 unspecified atom stereocenters. The van der Waals surface area contributed by atoms with E-state index in [9.17, 15) is 14.4 Å². The van der Waals surface area contributed by atoms with Crippen LogP contribution in [0, 0.1) is 0 Å². The van der Waals surface area contributed by atoms with Crippen LogP contribution < -0.4 is 5.32 Å². The van der Waals surface area contributed by atoms with Gasteiger partial charge in [-0.25, -0.2) is 0 Å². The Morgan fingerprint density at radius 1 is 1.55 bits per heavy atom. The number of piperazine rings is 1. The van der Waals surface area contributed by atoms with E-state index in [0.29, 0.717) is 6.42 Å². The summed E-state index contributed by atoms with van der Waals surface area (Å²) in [4.78, 5) is 37.4. The van der Waals surface area contributed by atoms with Crippen LogP contribution in [0.1, 0.15) is 18.2 Å². The predicted octanol–water partition coefficient (Wildman–Crippen LogP) is 1.79. The van der Waals surface area contributed by atoms with Crippen molar-refractivity contribution in [3.63, 3.8) is 0 Å². The number of carbonyl (C=O) groups excluding carboxylic acids is 3. The Labute approximate surface area is 128 Å². The molecule has 106 valence electrons. The number of nitrogens with one attached hydrogen (secondary N) is 1. The number of hydrogen-bond acceptors (Lipinski definition) is 4. The lowest BCUT2D eigenvalue weighted by Gasteiger charge is -2.32. The van der Waals surface area contributed by atoms with E-state index in [4.69, 9.17) is 0 Å². The highest BCUT2D eigenvalue weighted by molar-refractivity contribution is 9.11. The second-order valence-corrected chi connectivity index (χ2v) is 6.77. The molecule has 0 radical (unpaired) electrons. The molecular formula is C13H13BrN2O3S. The molecule has 0 bridgehead atoms. The van der Waals surface area contributed by atoms with Crippen LogP contribution in [0.2, 0.25) is 0 Å². The first kappa shape index (κ1) is 14.9. The zero-order chi connectivity index (χ0) is 14.7. The van der Waals surface area contributed by atoms with Crippen LogP contribution in [0.5, 0.6) is 0 Å². The monoisotopic (exact) mass is 356 g/mol. The highest BCUT2D eigenvalue weighted by atomic mass is 79.9. The molecule has 1 saturated heterocycles. The fourth-order valence-corrected chi connectivity index (χ4v) is 3.30. The number of rotatable bonds is 3. The molecule has 2 rings (SSSR count). The molecule has 5 nitrogen and oxygen atoms in total. The van der Waals surface area contributed by atoms with E-state index in [2.05, 4.69) is 21.2 Å². The van der Waals surface area contributed by atoms with Crippen LogP contribution in [0.25, 0.3) is 6.08 Å². The van der Waals surface area contributed by atoms with Gasteiger partial charge in [0.05, 0.1) is 3.79 Å². The summed E-state index contributed by atoms with van der Waals surface area (Å²) in [5, 5.41) is 2.24. The molecule has 0 aromatic carbocycles. The van der Waals surface area contributed by atoms with Gasteiger partial charge in [-0.2, -0.15) is 0 Å². The zero-order valence-electron chi connectivity index (χ0n) is 10.8. The highest BCUT2D eigenvalue weighted by Crippen LogP contribution is 2.23. The molecule has 0 saturated carbocycles. The van der Waals surface area contributed by atoms with Crippen LogP contribution in [0.3, 0.4) is 0 Å². The largest absolute Gasteiger partial charge is 0.318 e. The number of imide groups is 1. The fraction of sp³-hybridized carbons (Fsp3) is 0.308. The number of nitrogens with zero attached hydrogens (tertiary/aromatic N) is 1. The second-order valence-electron chi connectivity index (χ2n) is 4.28. The first-order chi connectivity index (χ1) is 9.51. The van der Waals surface area contributed by atoms with Crippen molar-refractivity contribution in [2.75, 3.05) is 6.54 Å². The van der Waals surface area contributed by atoms with Gasteiger partial charge in [0.25, 0.3) is 0 Å². The van der Waals surface area contributed by atoms with Gasteiger partial charge in [0.1, 0.15) is 12.6 Å². The molecule has 1 aliphatic rings. The molecular weight excluding hydrogens is 344 g/mol. The van der Waals surface area contributed by atoms with Crippen molar-refractivity contribution in [2.24, 2.45) is 0 Å². The molecule has 1 fully saturated rings. The molecule has 1 atom stereocenters. The highest BCUT2D eigenvalue weighted by Gasteiger charge is 2.34. The maximum absolute atomic E-state index is 12.1. The van der Waals surface area contributed by atoms with Crippen molar-refractivity contribution in [1.82, 2.24) is 10.2 Å². The minimum absolute atomic E-state index is 0.0818. The van der Waals surface area contributed by atoms with Gasteiger partial charge in [0.15, 0.2) is 0 Å². The molecule has 3 amide bonds. The van der Waals surface area contributed by atoms with E-state index >= 15 is 0 Å². The summed E-state index contributed by atoms with van der Waals surface area (Å²) < 4.78 is 0.976. The van der Waals surface area contributed by atoms with E-state index in [1.165, 1.54) is 22.3 Å². The van der Waals surface area contributed by atoms with E-state index in [1.807, 2.05) is 12.1 Å². The Balaban J connectivity index is 2.12. The summed E-state index contributed by atoms with van der Waals surface area (Å²) in [5.74, 6) is -1.19. The maximum atomic E-state index is 12.1. The molecule has 20 heavy (non-hydrogen) atoms. The number of thiophene rings is 1. The van der Waals surface area contributed by atoms with Crippen molar-refractivity contribution in [3.8, 4) is 0 Å².